The SMILES string of the molecule is CCNC(CCN1CCC(N(C)C)C1)c1ccccc1F. The number of nitrogens with zero attached hydrogens (tertiary/aromatic N) is 2. The van der Waals surface area contributed by atoms with Gasteiger partial charge >= 0.3 is 0 Å². The van der Waals surface area contributed by atoms with Gasteiger partial charge in [-0.3, -0.25) is 0 Å². The average molecular weight is 293 g/mol. The summed E-state index contributed by atoms with van der Waals surface area (Å²) in [6, 6.07) is 7.89. The van der Waals surface area contributed by atoms with Crippen LogP contribution < -0.4 is 5.32 Å². The zero-order valence-corrected chi connectivity index (χ0v) is 13.5. The van der Waals surface area contributed by atoms with E-state index in [9.17, 15) is 4.39 Å². The predicted octanol–water partition coefficient (Wildman–Crippen LogP) is 2.50. The number of hydrogen-bond acceptors (Lipinski definition) is 3. The molecular formula is C17H28FN3. The summed E-state index contributed by atoms with van der Waals surface area (Å²) in [5, 5.41) is 3.42. The van der Waals surface area contributed by atoms with Crippen molar-refractivity contribution in [1.29, 1.82) is 0 Å². The summed E-state index contributed by atoms with van der Waals surface area (Å²) < 4.78 is 14.0. The van der Waals surface area contributed by atoms with Gasteiger partial charge in [-0.25, -0.2) is 4.39 Å². The van der Waals surface area contributed by atoms with Crippen molar-refractivity contribution in [2.45, 2.75) is 31.8 Å². The molecule has 118 valence electrons. The molecule has 0 amide bonds. The van der Waals surface area contributed by atoms with Crippen LogP contribution in [-0.2, 0) is 0 Å². The fraction of sp³-hybridized carbons (Fsp3) is 0.647. The molecular weight excluding hydrogens is 265 g/mol. The van der Waals surface area contributed by atoms with Crippen LogP contribution in [0.15, 0.2) is 24.3 Å². The van der Waals surface area contributed by atoms with Gasteiger partial charge in [-0.1, -0.05) is 25.1 Å². The Morgan fingerprint density at radius 1 is 1.38 bits per heavy atom. The summed E-state index contributed by atoms with van der Waals surface area (Å²) in [4.78, 5) is 4.80. The van der Waals surface area contributed by atoms with E-state index in [2.05, 4.69) is 36.1 Å². The van der Waals surface area contributed by atoms with Gasteiger partial charge in [0.1, 0.15) is 5.82 Å². The minimum atomic E-state index is -0.101. The number of halogens is 1. The number of likely N-dealkylation sites (tertiary alicyclic amines) is 1. The van der Waals surface area contributed by atoms with E-state index < -0.39 is 0 Å². The number of rotatable bonds is 7. The van der Waals surface area contributed by atoms with Gasteiger partial charge in [0.15, 0.2) is 0 Å². The van der Waals surface area contributed by atoms with Gasteiger partial charge in [-0.15, -0.1) is 0 Å². The first-order valence-corrected chi connectivity index (χ1v) is 7.98. The van der Waals surface area contributed by atoms with E-state index in [1.807, 2.05) is 12.1 Å². The van der Waals surface area contributed by atoms with E-state index in [-0.39, 0.29) is 11.9 Å². The number of benzene rings is 1. The summed E-state index contributed by atoms with van der Waals surface area (Å²) in [6.45, 7) is 6.24. The lowest BCUT2D eigenvalue weighted by atomic mass is 10.0. The molecule has 2 rings (SSSR count). The molecule has 1 aromatic carbocycles. The first-order valence-electron chi connectivity index (χ1n) is 7.98. The van der Waals surface area contributed by atoms with E-state index in [0.29, 0.717) is 6.04 Å². The Bertz CT molecular complexity index is 436. The third-order valence-corrected chi connectivity index (χ3v) is 4.44. The Labute approximate surface area is 128 Å². The van der Waals surface area contributed by atoms with Crippen LogP contribution in [0.1, 0.15) is 31.4 Å². The lowest BCUT2D eigenvalue weighted by Crippen LogP contribution is -2.33. The van der Waals surface area contributed by atoms with Crippen LogP contribution in [-0.4, -0.2) is 56.1 Å². The van der Waals surface area contributed by atoms with E-state index in [0.717, 1.165) is 38.2 Å². The smallest absolute Gasteiger partial charge is 0.127 e. The molecule has 1 saturated heterocycles. The summed E-state index contributed by atoms with van der Waals surface area (Å²) in [5.74, 6) is -0.101. The fourth-order valence-electron chi connectivity index (χ4n) is 3.12. The Morgan fingerprint density at radius 2 is 2.14 bits per heavy atom. The number of hydrogen-bond donors (Lipinski definition) is 1. The van der Waals surface area contributed by atoms with Crippen molar-refractivity contribution in [2.75, 3.05) is 40.3 Å². The molecule has 0 aromatic heterocycles. The zero-order valence-electron chi connectivity index (χ0n) is 13.5. The van der Waals surface area contributed by atoms with Crippen LogP contribution in [0.5, 0.6) is 0 Å². The molecule has 4 heteroatoms. The molecule has 0 spiro atoms. The van der Waals surface area contributed by atoms with E-state index >= 15 is 0 Å². The zero-order chi connectivity index (χ0) is 15.2. The lowest BCUT2D eigenvalue weighted by Gasteiger charge is -2.24. The Balaban J connectivity index is 1.91. The highest BCUT2D eigenvalue weighted by atomic mass is 19.1. The minimum Gasteiger partial charge on any atom is -0.310 e. The highest BCUT2D eigenvalue weighted by Gasteiger charge is 2.24. The van der Waals surface area contributed by atoms with Crippen molar-refractivity contribution in [3.05, 3.63) is 35.6 Å². The third-order valence-electron chi connectivity index (χ3n) is 4.44. The van der Waals surface area contributed by atoms with Crippen LogP contribution >= 0.6 is 0 Å². The average Bonchev–Trinajstić information content (AvgIpc) is 2.93. The number of nitrogens with one attached hydrogen (secondary N) is 1. The van der Waals surface area contributed by atoms with Crippen molar-refractivity contribution in [3.63, 3.8) is 0 Å². The first kappa shape index (κ1) is 16.4. The summed E-state index contributed by atoms with van der Waals surface area (Å²) in [6.07, 6.45) is 2.19. The third kappa shape index (κ3) is 4.50. The quantitative estimate of drug-likeness (QED) is 0.833. The van der Waals surface area contributed by atoms with Crippen molar-refractivity contribution < 1.29 is 4.39 Å². The molecule has 1 aliphatic rings. The molecule has 1 aliphatic heterocycles. The van der Waals surface area contributed by atoms with E-state index in [1.54, 1.807) is 12.1 Å². The van der Waals surface area contributed by atoms with Gasteiger partial charge in [0.25, 0.3) is 0 Å². The molecule has 0 radical (unpaired) electrons. The molecule has 0 aliphatic carbocycles. The maximum atomic E-state index is 14.0. The van der Waals surface area contributed by atoms with Gasteiger partial charge in [0.2, 0.25) is 0 Å². The monoisotopic (exact) mass is 293 g/mol. The van der Waals surface area contributed by atoms with E-state index in [1.165, 1.54) is 6.42 Å². The molecule has 1 N–H and O–H groups in total. The Morgan fingerprint density at radius 3 is 2.76 bits per heavy atom. The fourth-order valence-corrected chi connectivity index (χ4v) is 3.12. The molecule has 0 bridgehead atoms. The Kier molecular flexibility index (Phi) is 6.15. The van der Waals surface area contributed by atoms with Crippen molar-refractivity contribution in [1.82, 2.24) is 15.1 Å². The molecule has 1 heterocycles. The van der Waals surface area contributed by atoms with Crippen LogP contribution in [0, 0.1) is 5.82 Å². The van der Waals surface area contributed by atoms with Crippen LogP contribution in [0.4, 0.5) is 4.39 Å². The van der Waals surface area contributed by atoms with Crippen molar-refractivity contribution in [3.8, 4) is 0 Å². The summed E-state index contributed by atoms with van der Waals surface area (Å²) in [7, 11) is 4.30. The summed E-state index contributed by atoms with van der Waals surface area (Å²) in [5.41, 5.74) is 0.794. The van der Waals surface area contributed by atoms with Crippen LogP contribution in [0.25, 0.3) is 0 Å². The summed E-state index contributed by atoms with van der Waals surface area (Å²) >= 11 is 0. The molecule has 1 aromatic rings. The highest BCUT2D eigenvalue weighted by molar-refractivity contribution is 5.21. The molecule has 3 nitrogen and oxygen atoms in total. The maximum Gasteiger partial charge on any atom is 0.127 e. The van der Waals surface area contributed by atoms with Gasteiger partial charge < -0.3 is 15.1 Å². The van der Waals surface area contributed by atoms with Gasteiger partial charge in [0, 0.05) is 30.7 Å². The van der Waals surface area contributed by atoms with Crippen LogP contribution in [0.2, 0.25) is 0 Å². The Hall–Kier alpha value is -0.970. The lowest BCUT2D eigenvalue weighted by molar-refractivity contribution is 0.259. The highest BCUT2D eigenvalue weighted by Crippen LogP contribution is 2.22. The molecule has 2 unspecified atom stereocenters. The number of likely N-dealkylation sites (N-methyl/N-ethyl adjacent to an activating group) is 1. The predicted molar refractivity (Wildman–Crippen MR) is 86.0 cm³/mol. The van der Waals surface area contributed by atoms with Gasteiger partial charge in [-0.2, -0.15) is 0 Å². The van der Waals surface area contributed by atoms with Crippen molar-refractivity contribution >= 4 is 0 Å². The minimum absolute atomic E-state index is 0.101. The second-order valence-corrected chi connectivity index (χ2v) is 6.13. The standard InChI is InChI=1S/C17H28FN3/c1-4-19-17(15-7-5-6-8-16(15)18)10-12-21-11-9-14(13-21)20(2)3/h5-8,14,17,19H,4,9-13H2,1-3H3. The van der Waals surface area contributed by atoms with Gasteiger partial charge in [-0.05, 0) is 46.1 Å². The molecule has 2 atom stereocenters. The van der Waals surface area contributed by atoms with Crippen molar-refractivity contribution in [2.24, 2.45) is 0 Å². The molecule has 0 saturated carbocycles. The maximum absolute atomic E-state index is 14.0. The normalized spacial score (nSPS) is 21.1. The van der Waals surface area contributed by atoms with Gasteiger partial charge in [0.05, 0.1) is 0 Å². The molecule has 1 fully saturated rings. The second kappa shape index (κ2) is 7.87. The molecule has 21 heavy (non-hydrogen) atoms. The second-order valence-electron chi connectivity index (χ2n) is 6.13. The van der Waals surface area contributed by atoms with E-state index in [4.69, 9.17) is 0 Å². The topological polar surface area (TPSA) is 18.5 Å². The van der Waals surface area contributed by atoms with Crippen LogP contribution in [0.3, 0.4) is 0 Å². The first-order chi connectivity index (χ1) is 10.1. The largest absolute Gasteiger partial charge is 0.310 e.